The maximum Gasteiger partial charge on any atom is 0.147 e. The van der Waals surface area contributed by atoms with Gasteiger partial charge in [0.25, 0.3) is 0 Å². The first-order valence-electron chi connectivity index (χ1n) is 7.51. The van der Waals surface area contributed by atoms with Crippen molar-refractivity contribution in [2.75, 3.05) is 6.54 Å². The largest absolute Gasteiger partial charge is 0.307 e. The Kier molecular flexibility index (Phi) is 4.11. The van der Waals surface area contributed by atoms with Crippen molar-refractivity contribution < 1.29 is 0 Å². The van der Waals surface area contributed by atoms with Gasteiger partial charge in [-0.15, -0.1) is 0 Å². The Morgan fingerprint density at radius 3 is 2.85 bits per heavy atom. The lowest BCUT2D eigenvalue weighted by molar-refractivity contribution is 0.378. The van der Waals surface area contributed by atoms with Gasteiger partial charge in [0.05, 0.1) is 6.04 Å². The first-order chi connectivity index (χ1) is 9.83. The predicted octanol–water partition coefficient (Wildman–Crippen LogP) is 2.64. The molecular formula is C16H22N4. The zero-order chi connectivity index (χ0) is 13.8. The van der Waals surface area contributed by atoms with E-state index in [0.717, 1.165) is 31.2 Å². The highest BCUT2D eigenvalue weighted by atomic mass is 15.4. The van der Waals surface area contributed by atoms with Crippen LogP contribution in [0.1, 0.15) is 42.5 Å². The molecule has 1 aliphatic heterocycles. The van der Waals surface area contributed by atoms with Gasteiger partial charge >= 0.3 is 0 Å². The third kappa shape index (κ3) is 3.07. The van der Waals surface area contributed by atoms with Crippen LogP contribution in [0.25, 0.3) is 0 Å². The average molecular weight is 270 g/mol. The zero-order valence-corrected chi connectivity index (χ0v) is 12.0. The molecule has 0 saturated carbocycles. The molecule has 1 atom stereocenters. The molecule has 0 amide bonds. The first-order valence-corrected chi connectivity index (χ1v) is 7.51. The number of hydrogen-bond donors (Lipinski definition) is 1. The molecule has 0 bridgehead atoms. The van der Waals surface area contributed by atoms with E-state index in [-0.39, 0.29) is 0 Å². The molecule has 20 heavy (non-hydrogen) atoms. The van der Waals surface area contributed by atoms with Crippen molar-refractivity contribution in [3.8, 4) is 0 Å². The minimum Gasteiger partial charge on any atom is -0.307 e. The lowest BCUT2D eigenvalue weighted by Crippen LogP contribution is -2.29. The number of piperidine rings is 1. The number of nitrogens with one attached hydrogen (secondary N) is 1. The Morgan fingerprint density at radius 2 is 2.10 bits per heavy atom. The molecule has 1 fully saturated rings. The van der Waals surface area contributed by atoms with Gasteiger partial charge in [0.15, 0.2) is 0 Å². The molecule has 2 aromatic rings. The van der Waals surface area contributed by atoms with Crippen molar-refractivity contribution in [1.82, 2.24) is 20.1 Å². The lowest BCUT2D eigenvalue weighted by atomic mass is 10.0. The molecule has 106 valence electrons. The molecule has 1 saturated heterocycles. The van der Waals surface area contributed by atoms with E-state index in [1.54, 1.807) is 0 Å². The van der Waals surface area contributed by atoms with Gasteiger partial charge < -0.3 is 5.32 Å². The number of aryl methyl sites for hydroxylation is 3. The topological polar surface area (TPSA) is 42.7 Å². The maximum absolute atomic E-state index is 4.64. The number of benzene rings is 1. The summed E-state index contributed by atoms with van der Waals surface area (Å²) in [4.78, 5) is 4.64. The lowest BCUT2D eigenvalue weighted by Gasteiger charge is -2.23. The van der Waals surface area contributed by atoms with Gasteiger partial charge in [-0.3, -0.25) is 0 Å². The van der Waals surface area contributed by atoms with Crippen LogP contribution in [0.2, 0.25) is 0 Å². The number of hydrogen-bond acceptors (Lipinski definition) is 3. The number of rotatable bonds is 4. The van der Waals surface area contributed by atoms with Crippen LogP contribution in [0.15, 0.2) is 30.3 Å². The van der Waals surface area contributed by atoms with E-state index in [0.29, 0.717) is 6.04 Å². The Labute approximate surface area is 120 Å². The van der Waals surface area contributed by atoms with Crippen LogP contribution in [-0.4, -0.2) is 21.3 Å². The average Bonchev–Trinajstić information content (AvgIpc) is 2.88. The highest BCUT2D eigenvalue weighted by Crippen LogP contribution is 2.21. The molecule has 0 aliphatic carbocycles. The van der Waals surface area contributed by atoms with Crippen LogP contribution in [-0.2, 0) is 13.0 Å². The highest BCUT2D eigenvalue weighted by molar-refractivity contribution is 5.14. The minimum atomic E-state index is 0.376. The first kappa shape index (κ1) is 13.3. The Bertz CT molecular complexity index is 541. The number of aromatic nitrogens is 3. The van der Waals surface area contributed by atoms with E-state index in [9.17, 15) is 0 Å². The molecule has 0 unspecified atom stereocenters. The fraction of sp³-hybridized carbons (Fsp3) is 0.500. The van der Waals surface area contributed by atoms with Crippen LogP contribution in [0.5, 0.6) is 0 Å². The third-order valence-corrected chi connectivity index (χ3v) is 3.88. The fourth-order valence-electron chi connectivity index (χ4n) is 2.85. The quantitative estimate of drug-likeness (QED) is 0.928. The summed E-state index contributed by atoms with van der Waals surface area (Å²) in [6.45, 7) is 3.97. The molecule has 1 aromatic heterocycles. The van der Waals surface area contributed by atoms with Crippen molar-refractivity contribution in [3.05, 3.63) is 47.5 Å². The molecule has 0 spiro atoms. The van der Waals surface area contributed by atoms with Gasteiger partial charge in [-0.2, -0.15) is 5.10 Å². The molecule has 1 aliphatic rings. The zero-order valence-electron chi connectivity index (χ0n) is 12.0. The van der Waals surface area contributed by atoms with Crippen molar-refractivity contribution in [2.24, 2.45) is 0 Å². The summed E-state index contributed by atoms with van der Waals surface area (Å²) in [6.07, 6.45) is 4.72. The van der Waals surface area contributed by atoms with E-state index in [1.807, 2.05) is 6.92 Å². The van der Waals surface area contributed by atoms with Gasteiger partial charge in [-0.05, 0) is 38.3 Å². The summed E-state index contributed by atoms with van der Waals surface area (Å²) in [5, 5.41) is 8.13. The van der Waals surface area contributed by atoms with Crippen LogP contribution < -0.4 is 5.32 Å². The monoisotopic (exact) mass is 270 g/mol. The van der Waals surface area contributed by atoms with E-state index < -0.39 is 0 Å². The van der Waals surface area contributed by atoms with Gasteiger partial charge in [0.1, 0.15) is 11.6 Å². The third-order valence-electron chi connectivity index (χ3n) is 3.88. The molecule has 4 nitrogen and oxygen atoms in total. The second kappa shape index (κ2) is 6.18. The van der Waals surface area contributed by atoms with E-state index in [1.165, 1.54) is 24.8 Å². The second-order valence-electron chi connectivity index (χ2n) is 5.48. The van der Waals surface area contributed by atoms with Crippen molar-refractivity contribution in [2.45, 2.75) is 45.2 Å². The fourth-order valence-corrected chi connectivity index (χ4v) is 2.85. The van der Waals surface area contributed by atoms with E-state index in [2.05, 4.69) is 50.4 Å². The Balaban J connectivity index is 1.72. The maximum atomic E-state index is 4.64. The molecular weight excluding hydrogens is 248 g/mol. The summed E-state index contributed by atoms with van der Waals surface area (Å²) in [6, 6.07) is 10.9. The summed E-state index contributed by atoms with van der Waals surface area (Å²) >= 11 is 0. The van der Waals surface area contributed by atoms with Crippen LogP contribution in [0.3, 0.4) is 0 Å². The van der Waals surface area contributed by atoms with Gasteiger partial charge in [0.2, 0.25) is 0 Å². The standard InChI is InChI=1S/C16H22N4/c1-13-18-16(15-9-5-6-11-17-15)20(19-13)12-10-14-7-3-2-4-8-14/h2-4,7-8,15,17H,5-6,9-12H2,1H3/t15-/m0/s1. The molecule has 1 aromatic carbocycles. The second-order valence-corrected chi connectivity index (χ2v) is 5.48. The minimum absolute atomic E-state index is 0.376. The van der Waals surface area contributed by atoms with Crippen molar-refractivity contribution >= 4 is 0 Å². The molecule has 0 radical (unpaired) electrons. The highest BCUT2D eigenvalue weighted by Gasteiger charge is 2.20. The molecule has 3 rings (SSSR count). The summed E-state index contributed by atoms with van der Waals surface area (Å²) in [5.74, 6) is 1.98. The van der Waals surface area contributed by atoms with E-state index in [4.69, 9.17) is 0 Å². The summed E-state index contributed by atoms with van der Waals surface area (Å²) in [7, 11) is 0. The Morgan fingerprint density at radius 1 is 1.25 bits per heavy atom. The smallest absolute Gasteiger partial charge is 0.147 e. The molecule has 1 N–H and O–H groups in total. The predicted molar refractivity (Wildman–Crippen MR) is 79.5 cm³/mol. The Hall–Kier alpha value is -1.68. The van der Waals surface area contributed by atoms with Crippen LogP contribution in [0.4, 0.5) is 0 Å². The van der Waals surface area contributed by atoms with Crippen LogP contribution in [0, 0.1) is 6.92 Å². The normalized spacial score (nSPS) is 19.1. The summed E-state index contributed by atoms with van der Waals surface area (Å²) < 4.78 is 2.09. The van der Waals surface area contributed by atoms with Crippen LogP contribution >= 0.6 is 0 Å². The van der Waals surface area contributed by atoms with E-state index >= 15 is 0 Å². The molecule has 4 heteroatoms. The summed E-state index contributed by atoms with van der Waals surface area (Å²) in [5.41, 5.74) is 1.35. The number of nitrogens with zero attached hydrogens (tertiary/aromatic N) is 3. The van der Waals surface area contributed by atoms with Crippen molar-refractivity contribution in [3.63, 3.8) is 0 Å². The SMILES string of the molecule is Cc1nc([C@@H]2CCCCN2)n(CCc2ccccc2)n1. The van der Waals surface area contributed by atoms with Gasteiger partial charge in [0, 0.05) is 6.54 Å². The molecule has 2 heterocycles. The van der Waals surface area contributed by atoms with Crippen molar-refractivity contribution in [1.29, 1.82) is 0 Å². The van der Waals surface area contributed by atoms with Gasteiger partial charge in [-0.25, -0.2) is 9.67 Å². The van der Waals surface area contributed by atoms with Gasteiger partial charge in [-0.1, -0.05) is 36.8 Å².